The second-order valence-corrected chi connectivity index (χ2v) is 5.04. The van der Waals surface area contributed by atoms with Crippen LogP contribution in [0, 0.1) is 19.8 Å². The monoisotopic (exact) mass is 244 g/mol. The number of nitrogens with zero attached hydrogens (tertiary/aromatic N) is 1. The Kier molecular flexibility index (Phi) is 3.50. The Morgan fingerprint density at radius 1 is 1.33 bits per heavy atom. The third-order valence-electron chi connectivity index (χ3n) is 3.38. The molecule has 96 valence electrons. The summed E-state index contributed by atoms with van der Waals surface area (Å²) in [6, 6.07) is 4.20. The lowest BCUT2D eigenvalue weighted by Gasteiger charge is -2.25. The van der Waals surface area contributed by atoms with Gasteiger partial charge in [0.1, 0.15) is 0 Å². The van der Waals surface area contributed by atoms with E-state index in [4.69, 9.17) is 0 Å². The van der Waals surface area contributed by atoms with Crippen LogP contribution in [0.5, 0.6) is 0 Å². The van der Waals surface area contributed by atoms with E-state index < -0.39 is 0 Å². The number of carbonyl (C=O) groups is 1. The quantitative estimate of drug-likeness (QED) is 0.869. The number of carbonyl (C=O) groups excluding carboxylic acids is 1. The van der Waals surface area contributed by atoms with Crippen LogP contribution < -0.4 is 5.32 Å². The Morgan fingerprint density at radius 3 is 2.50 bits per heavy atom. The van der Waals surface area contributed by atoms with Gasteiger partial charge < -0.3 is 5.32 Å². The standard InChI is InChI=1S/C15H20N2O/c1-5-14-13(6-9(2)15(18)17-14)12-7-10(3)16-11(4)8-12/h7-9H,5-6H2,1-4H3,(H,17,18). The molecule has 0 radical (unpaired) electrons. The van der Waals surface area contributed by atoms with E-state index in [1.165, 1.54) is 11.1 Å². The molecule has 3 nitrogen and oxygen atoms in total. The smallest absolute Gasteiger partial charge is 0.227 e. The highest BCUT2D eigenvalue weighted by molar-refractivity contribution is 5.88. The van der Waals surface area contributed by atoms with Gasteiger partial charge in [-0.1, -0.05) is 13.8 Å². The SMILES string of the molecule is CCC1=C(c2cc(C)nc(C)c2)CC(C)C(=O)N1. The molecule has 0 spiro atoms. The molecule has 0 aliphatic carbocycles. The Labute approximate surface area is 108 Å². The van der Waals surface area contributed by atoms with Crippen molar-refractivity contribution >= 4 is 11.5 Å². The summed E-state index contributed by atoms with van der Waals surface area (Å²) in [6.45, 7) is 8.07. The van der Waals surface area contributed by atoms with Crippen molar-refractivity contribution in [2.45, 2.75) is 40.5 Å². The van der Waals surface area contributed by atoms with Gasteiger partial charge in [0.15, 0.2) is 0 Å². The molecular weight excluding hydrogens is 224 g/mol. The molecule has 1 unspecified atom stereocenters. The number of nitrogens with one attached hydrogen (secondary N) is 1. The van der Waals surface area contributed by atoms with Crippen molar-refractivity contribution in [1.82, 2.24) is 10.3 Å². The number of hydrogen-bond acceptors (Lipinski definition) is 2. The summed E-state index contributed by atoms with van der Waals surface area (Å²) in [7, 11) is 0. The van der Waals surface area contributed by atoms with Crippen LogP contribution in [0.4, 0.5) is 0 Å². The van der Waals surface area contributed by atoms with E-state index in [9.17, 15) is 4.79 Å². The van der Waals surface area contributed by atoms with E-state index in [1.54, 1.807) is 0 Å². The number of allylic oxidation sites excluding steroid dienone is 2. The van der Waals surface area contributed by atoms with Gasteiger partial charge in [-0.05, 0) is 50.0 Å². The second-order valence-electron chi connectivity index (χ2n) is 5.04. The van der Waals surface area contributed by atoms with Crippen LogP contribution in [-0.4, -0.2) is 10.9 Å². The van der Waals surface area contributed by atoms with Crippen LogP contribution >= 0.6 is 0 Å². The molecule has 0 fully saturated rings. The first kappa shape index (κ1) is 12.8. The topological polar surface area (TPSA) is 42.0 Å². The molecule has 0 bridgehead atoms. The molecule has 3 heteroatoms. The largest absolute Gasteiger partial charge is 0.329 e. The van der Waals surface area contributed by atoms with E-state index in [-0.39, 0.29) is 11.8 Å². The molecule has 1 aliphatic rings. The summed E-state index contributed by atoms with van der Waals surface area (Å²) in [5, 5.41) is 3.02. The molecule has 1 amide bonds. The average molecular weight is 244 g/mol. The second kappa shape index (κ2) is 4.92. The molecule has 18 heavy (non-hydrogen) atoms. The Balaban J connectivity index is 2.49. The van der Waals surface area contributed by atoms with E-state index in [1.807, 2.05) is 20.8 Å². The summed E-state index contributed by atoms with van der Waals surface area (Å²) < 4.78 is 0. The third kappa shape index (κ3) is 2.45. The maximum absolute atomic E-state index is 11.7. The molecule has 1 atom stereocenters. The van der Waals surface area contributed by atoms with Crippen LogP contribution in [0.1, 0.15) is 43.6 Å². The Bertz CT molecular complexity index is 497. The van der Waals surface area contributed by atoms with Crippen LogP contribution in [0.2, 0.25) is 0 Å². The molecule has 1 aromatic heterocycles. The van der Waals surface area contributed by atoms with Crippen LogP contribution in [0.15, 0.2) is 17.8 Å². The highest BCUT2D eigenvalue weighted by Crippen LogP contribution is 2.30. The predicted octanol–water partition coefficient (Wildman–Crippen LogP) is 2.98. The van der Waals surface area contributed by atoms with Crippen molar-refractivity contribution in [1.29, 1.82) is 0 Å². The van der Waals surface area contributed by atoms with E-state index in [0.717, 1.165) is 29.9 Å². The summed E-state index contributed by atoms with van der Waals surface area (Å²) >= 11 is 0. The maximum Gasteiger partial charge on any atom is 0.227 e. The summed E-state index contributed by atoms with van der Waals surface area (Å²) in [6.07, 6.45) is 1.67. The van der Waals surface area contributed by atoms with E-state index in [2.05, 4.69) is 29.4 Å². The fraction of sp³-hybridized carbons (Fsp3) is 0.467. The summed E-state index contributed by atoms with van der Waals surface area (Å²) in [5.74, 6) is 0.183. The van der Waals surface area contributed by atoms with E-state index >= 15 is 0 Å². The van der Waals surface area contributed by atoms with Crippen LogP contribution in [0.25, 0.3) is 5.57 Å². The van der Waals surface area contributed by atoms with Crippen molar-refractivity contribution in [2.24, 2.45) is 5.92 Å². The summed E-state index contributed by atoms with van der Waals surface area (Å²) in [5.41, 5.74) is 5.57. The normalized spacial score (nSPS) is 20.0. The maximum atomic E-state index is 11.7. The highest BCUT2D eigenvalue weighted by Gasteiger charge is 2.24. The first-order valence-corrected chi connectivity index (χ1v) is 6.49. The van der Waals surface area contributed by atoms with Crippen molar-refractivity contribution in [3.05, 3.63) is 34.8 Å². The number of aromatic nitrogens is 1. The lowest BCUT2D eigenvalue weighted by molar-refractivity contribution is -0.124. The lowest BCUT2D eigenvalue weighted by atomic mass is 9.89. The number of pyridine rings is 1. The Hall–Kier alpha value is -1.64. The number of aryl methyl sites for hydroxylation is 2. The van der Waals surface area contributed by atoms with Crippen LogP contribution in [-0.2, 0) is 4.79 Å². The van der Waals surface area contributed by atoms with Crippen LogP contribution in [0.3, 0.4) is 0 Å². The molecule has 1 aromatic rings. The third-order valence-corrected chi connectivity index (χ3v) is 3.38. The molecule has 0 aromatic carbocycles. The van der Waals surface area contributed by atoms with Gasteiger partial charge in [0, 0.05) is 23.0 Å². The number of hydrogen-bond donors (Lipinski definition) is 1. The lowest BCUT2D eigenvalue weighted by Crippen LogP contribution is -2.33. The molecule has 1 N–H and O–H groups in total. The van der Waals surface area contributed by atoms with Crippen molar-refractivity contribution in [2.75, 3.05) is 0 Å². The van der Waals surface area contributed by atoms with Gasteiger partial charge in [0.05, 0.1) is 0 Å². The molecule has 0 saturated carbocycles. The Morgan fingerprint density at radius 2 is 1.94 bits per heavy atom. The van der Waals surface area contributed by atoms with Gasteiger partial charge >= 0.3 is 0 Å². The first-order valence-electron chi connectivity index (χ1n) is 6.49. The first-order chi connectivity index (χ1) is 8.51. The van der Waals surface area contributed by atoms with Gasteiger partial charge in [-0.15, -0.1) is 0 Å². The summed E-state index contributed by atoms with van der Waals surface area (Å²) in [4.78, 5) is 16.1. The molecular formula is C15H20N2O. The predicted molar refractivity (Wildman–Crippen MR) is 72.8 cm³/mol. The number of rotatable bonds is 2. The van der Waals surface area contributed by atoms with Gasteiger partial charge in [0.2, 0.25) is 5.91 Å². The molecule has 2 rings (SSSR count). The molecule has 1 aliphatic heterocycles. The zero-order chi connectivity index (χ0) is 13.3. The fourth-order valence-electron chi connectivity index (χ4n) is 2.47. The molecule has 2 heterocycles. The fourth-order valence-corrected chi connectivity index (χ4v) is 2.47. The average Bonchev–Trinajstić information content (AvgIpc) is 2.30. The highest BCUT2D eigenvalue weighted by atomic mass is 16.1. The minimum atomic E-state index is 0.0454. The van der Waals surface area contributed by atoms with Crippen molar-refractivity contribution in [3.63, 3.8) is 0 Å². The van der Waals surface area contributed by atoms with Gasteiger partial charge in [-0.2, -0.15) is 0 Å². The van der Waals surface area contributed by atoms with Crippen molar-refractivity contribution in [3.8, 4) is 0 Å². The van der Waals surface area contributed by atoms with E-state index in [0.29, 0.717) is 0 Å². The zero-order valence-electron chi connectivity index (χ0n) is 11.5. The minimum Gasteiger partial charge on any atom is -0.329 e. The van der Waals surface area contributed by atoms with Gasteiger partial charge in [-0.25, -0.2) is 0 Å². The minimum absolute atomic E-state index is 0.0454. The van der Waals surface area contributed by atoms with Gasteiger partial charge in [-0.3, -0.25) is 9.78 Å². The zero-order valence-corrected chi connectivity index (χ0v) is 11.5. The molecule has 0 saturated heterocycles. The van der Waals surface area contributed by atoms with Gasteiger partial charge in [0.25, 0.3) is 0 Å². The van der Waals surface area contributed by atoms with Crippen molar-refractivity contribution < 1.29 is 4.79 Å². The number of amides is 1.